The van der Waals surface area contributed by atoms with E-state index in [4.69, 9.17) is 4.74 Å². The number of rotatable bonds is 4. The number of nitrogens with one attached hydrogen (secondary N) is 2. The van der Waals surface area contributed by atoms with Crippen molar-refractivity contribution in [1.82, 2.24) is 25.1 Å². The van der Waals surface area contributed by atoms with Gasteiger partial charge < -0.3 is 15.0 Å². The molecule has 1 unspecified atom stereocenters. The number of aromatic amines is 1. The number of hydrogen-bond donors (Lipinski definition) is 2. The van der Waals surface area contributed by atoms with Crippen molar-refractivity contribution in [1.29, 1.82) is 0 Å². The van der Waals surface area contributed by atoms with Crippen LogP contribution < -0.4 is 10.2 Å². The number of carbonyl (C=O) groups excluding carboxylic acids is 1. The van der Waals surface area contributed by atoms with Gasteiger partial charge in [0, 0.05) is 24.7 Å². The van der Waals surface area contributed by atoms with Crippen LogP contribution in [0, 0.1) is 5.82 Å². The van der Waals surface area contributed by atoms with Gasteiger partial charge in [0.25, 0.3) is 0 Å². The number of aromatic nitrogens is 4. The van der Waals surface area contributed by atoms with Crippen LogP contribution in [0.2, 0.25) is 0 Å². The van der Waals surface area contributed by atoms with E-state index in [9.17, 15) is 9.18 Å². The molecule has 4 rings (SSSR count). The van der Waals surface area contributed by atoms with Gasteiger partial charge in [0.05, 0.1) is 17.9 Å². The third-order valence-corrected chi connectivity index (χ3v) is 5.30. The quantitative estimate of drug-likeness (QED) is 0.618. The average molecular weight is 442 g/mol. The van der Waals surface area contributed by atoms with Crippen molar-refractivity contribution in [2.75, 3.05) is 23.8 Å². The molecule has 1 atom stereocenters. The van der Waals surface area contributed by atoms with Crippen LogP contribution in [0.5, 0.6) is 0 Å². The van der Waals surface area contributed by atoms with Gasteiger partial charge in [0.1, 0.15) is 11.8 Å². The summed E-state index contributed by atoms with van der Waals surface area (Å²) in [7, 11) is 1.68. The third-order valence-electron chi connectivity index (χ3n) is 5.30. The highest BCUT2D eigenvalue weighted by Crippen LogP contribution is 2.29. The van der Waals surface area contributed by atoms with E-state index in [-0.39, 0.29) is 17.9 Å². The second-order valence-electron chi connectivity index (χ2n) is 8.92. The van der Waals surface area contributed by atoms with Gasteiger partial charge in [-0.25, -0.2) is 14.2 Å². The molecular formula is C22H28FN7O2. The smallest absolute Gasteiger partial charge is 0.411 e. The first-order valence-corrected chi connectivity index (χ1v) is 10.7. The zero-order chi connectivity index (χ0) is 22.9. The van der Waals surface area contributed by atoms with Crippen LogP contribution >= 0.6 is 0 Å². The van der Waals surface area contributed by atoms with E-state index in [1.807, 2.05) is 43.9 Å². The molecule has 1 fully saturated rings. The molecule has 0 bridgehead atoms. The molecule has 1 saturated heterocycles. The minimum Gasteiger partial charge on any atom is -0.444 e. The van der Waals surface area contributed by atoms with E-state index < -0.39 is 17.5 Å². The molecule has 3 heterocycles. The fraction of sp³-hybridized carbons (Fsp3) is 0.455. The van der Waals surface area contributed by atoms with E-state index in [2.05, 4.69) is 25.5 Å². The van der Waals surface area contributed by atoms with Crippen LogP contribution in [0.3, 0.4) is 0 Å². The number of H-pyrrole nitrogens is 1. The molecule has 10 heteroatoms. The summed E-state index contributed by atoms with van der Waals surface area (Å²) in [4.78, 5) is 24.5. The molecule has 2 N–H and O–H groups in total. The molecule has 0 aliphatic carbocycles. The Labute approximate surface area is 186 Å². The van der Waals surface area contributed by atoms with Crippen molar-refractivity contribution < 1.29 is 13.9 Å². The lowest BCUT2D eigenvalue weighted by Gasteiger charge is -2.41. The summed E-state index contributed by atoms with van der Waals surface area (Å²) < 4.78 is 20.3. The third kappa shape index (κ3) is 4.74. The highest BCUT2D eigenvalue weighted by molar-refractivity contribution is 5.82. The Morgan fingerprint density at radius 1 is 1.31 bits per heavy atom. The van der Waals surface area contributed by atoms with Crippen molar-refractivity contribution in [3.63, 3.8) is 0 Å². The van der Waals surface area contributed by atoms with E-state index in [0.29, 0.717) is 13.0 Å². The maximum Gasteiger partial charge on any atom is 0.411 e. The molecule has 0 spiro atoms. The number of ether oxygens (including phenoxy) is 1. The number of amides is 1. The largest absolute Gasteiger partial charge is 0.444 e. The first kappa shape index (κ1) is 21.8. The molecular weight excluding hydrogens is 413 g/mol. The average Bonchev–Trinajstić information content (AvgIpc) is 3.21. The number of carbonyl (C=O) groups is 1. The Morgan fingerprint density at radius 3 is 2.91 bits per heavy atom. The highest BCUT2D eigenvalue weighted by Gasteiger charge is 2.33. The Bertz CT molecular complexity index is 1110. The molecule has 170 valence electrons. The molecule has 0 radical (unpaired) electrons. The van der Waals surface area contributed by atoms with Crippen molar-refractivity contribution >= 4 is 34.4 Å². The van der Waals surface area contributed by atoms with E-state index in [0.717, 1.165) is 35.6 Å². The second kappa shape index (κ2) is 8.60. The Kier molecular flexibility index (Phi) is 5.86. The van der Waals surface area contributed by atoms with Gasteiger partial charge in [-0.2, -0.15) is 10.1 Å². The molecule has 9 nitrogen and oxygen atoms in total. The number of fused-ring (bicyclic) bond motifs is 1. The van der Waals surface area contributed by atoms with Gasteiger partial charge in [-0.3, -0.25) is 10.00 Å². The maximum atomic E-state index is 14.8. The van der Waals surface area contributed by atoms with Gasteiger partial charge in [0.2, 0.25) is 5.95 Å². The molecule has 0 saturated carbocycles. The van der Waals surface area contributed by atoms with Crippen LogP contribution in [-0.2, 0) is 4.74 Å². The van der Waals surface area contributed by atoms with Crippen molar-refractivity contribution in [2.24, 2.45) is 0 Å². The van der Waals surface area contributed by atoms with Crippen molar-refractivity contribution in [3.05, 3.63) is 36.4 Å². The number of anilines is 3. The monoisotopic (exact) mass is 441 g/mol. The fourth-order valence-electron chi connectivity index (χ4n) is 3.78. The SMILES string of the molecule is CN(C(=O)OC(C)(C)C)C1CCCCN1c1nc(Nc2ccc3cn[nH]c3c2)ncc1F. The topological polar surface area (TPSA) is 99.3 Å². The molecule has 1 aliphatic heterocycles. The van der Waals surface area contributed by atoms with Crippen molar-refractivity contribution in [2.45, 2.75) is 51.8 Å². The van der Waals surface area contributed by atoms with E-state index >= 15 is 0 Å². The number of hydrogen-bond acceptors (Lipinski definition) is 7. The normalized spacial score (nSPS) is 16.8. The summed E-state index contributed by atoms with van der Waals surface area (Å²) in [6.45, 7) is 6.03. The zero-order valence-electron chi connectivity index (χ0n) is 18.7. The number of halogens is 1. The lowest BCUT2D eigenvalue weighted by atomic mass is 10.1. The Morgan fingerprint density at radius 2 is 2.12 bits per heavy atom. The molecule has 3 aromatic rings. The number of benzene rings is 1. The first-order chi connectivity index (χ1) is 15.2. The number of piperidine rings is 1. The summed E-state index contributed by atoms with van der Waals surface area (Å²) in [5, 5.41) is 11.0. The molecule has 2 aromatic heterocycles. The number of nitrogens with zero attached hydrogens (tertiary/aromatic N) is 5. The molecule has 1 amide bonds. The summed E-state index contributed by atoms with van der Waals surface area (Å²) in [5.74, 6) is -0.112. The van der Waals surface area contributed by atoms with Crippen LogP contribution in [0.25, 0.3) is 10.9 Å². The summed E-state index contributed by atoms with van der Waals surface area (Å²) in [6, 6.07) is 5.68. The predicted molar refractivity (Wildman–Crippen MR) is 120 cm³/mol. The summed E-state index contributed by atoms with van der Waals surface area (Å²) >= 11 is 0. The van der Waals surface area contributed by atoms with Crippen LogP contribution in [0.15, 0.2) is 30.6 Å². The van der Waals surface area contributed by atoms with Crippen LogP contribution in [0.1, 0.15) is 40.0 Å². The predicted octanol–water partition coefficient (Wildman–Crippen LogP) is 4.42. The van der Waals surface area contributed by atoms with Crippen molar-refractivity contribution in [3.8, 4) is 0 Å². The molecule has 1 aromatic carbocycles. The lowest BCUT2D eigenvalue weighted by molar-refractivity contribution is 0.0196. The fourth-order valence-corrected chi connectivity index (χ4v) is 3.78. The second-order valence-corrected chi connectivity index (χ2v) is 8.92. The zero-order valence-corrected chi connectivity index (χ0v) is 18.7. The minimum absolute atomic E-state index is 0.158. The highest BCUT2D eigenvalue weighted by atomic mass is 19.1. The molecule has 1 aliphatic rings. The van der Waals surface area contributed by atoms with E-state index in [1.54, 1.807) is 13.2 Å². The summed E-state index contributed by atoms with van der Waals surface area (Å²) in [5.41, 5.74) is 1.01. The van der Waals surface area contributed by atoms with Crippen LogP contribution in [-0.4, -0.2) is 56.5 Å². The first-order valence-electron chi connectivity index (χ1n) is 10.7. The van der Waals surface area contributed by atoms with Gasteiger partial charge in [-0.05, 0) is 58.2 Å². The summed E-state index contributed by atoms with van der Waals surface area (Å²) in [6.07, 6.45) is 4.57. The van der Waals surface area contributed by atoms with Crippen LogP contribution in [0.4, 0.5) is 26.6 Å². The van der Waals surface area contributed by atoms with Gasteiger partial charge in [-0.1, -0.05) is 0 Å². The lowest BCUT2D eigenvalue weighted by Crippen LogP contribution is -2.53. The Hall–Kier alpha value is -3.43. The van der Waals surface area contributed by atoms with Gasteiger partial charge in [0.15, 0.2) is 11.6 Å². The standard InChI is InChI=1S/C22H28FN7O2/c1-22(2,3)32-21(31)29(4)18-7-5-6-10-30(18)19-16(23)13-24-20(27-19)26-15-9-8-14-12-25-28-17(14)11-15/h8-9,11-13,18H,5-7,10H2,1-4H3,(H,25,28)(H,24,26,27). The van der Waals surface area contributed by atoms with Gasteiger partial charge >= 0.3 is 6.09 Å². The maximum absolute atomic E-state index is 14.8. The molecule has 32 heavy (non-hydrogen) atoms. The van der Waals surface area contributed by atoms with Gasteiger partial charge in [-0.15, -0.1) is 0 Å². The Balaban J connectivity index is 1.58. The van der Waals surface area contributed by atoms with E-state index in [1.165, 1.54) is 4.90 Å². The minimum atomic E-state index is -0.613.